The largest absolute Gasteiger partial charge is 0.316 e. The molecule has 0 amide bonds. The molecule has 21 heavy (non-hydrogen) atoms. The van der Waals surface area contributed by atoms with Crippen molar-refractivity contribution >= 4 is 10.0 Å². The maximum absolute atomic E-state index is 12.1. The first-order chi connectivity index (χ1) is 10.1. The fourth-order valence-corrected chi connectivity index (χ4v) is 3.08. The zero-order valence-electron chi connectivity index (χ0n) is 11.9. The highest BCUT2D eigenvalue weighted by atomic mass is 32.2. The van der Waals surface area contributed by atoms with E-state index < -0.39 is 10.0 Å². The van der Waals surface area contributed by atoms with Gasteiger partial charge in [-0.05, 0) is 30.3 Å². The number of hydrogen-bond acceptors (Lipinski definition) is 4. The standard InChI is InChI=1S/C15H19N3O2S/c1-16-10-13-5-4-6-14(9-13)12-21(19,20)18-11-15-7-2-3-8-17-15/h2-9,16,18H,10-12H2,1H3. The van der Waals surface area contributed by atoms with Gasteiger partial charge in [-0.1, -0.05) is 30.3 Å². The smallest absolute Gasteiger partial charge is 0.216 e. The summed E-state index contributed by atoms with van der Waals surface area (Å²) in [6.45, 7) is 0.925. The van der Waals surface area contributed by atoms with Gasteiger partial charge in [0.25, 0.3) is 0 Å². The highest BCUT2D eigenvalue weighted by Gasteiger charge is 2.11. The first-order valence-electron chi connectivity index (χ1n) is 6.69. The lowest BCUT2D eigenvalue weighted by Gasteiger charge is -2.08. The summed E-state index contributed by atoms with van der Waals surface area (Å²) >= 11 is 0. The van der Waals surface area contributed by atoms with Crippen LogP contribution in [0.2, 0.25) is 0 Å². The number of rotatable bonds is 7. The van der Waals surface area contributed by atoms with Crippen molar-refractivity contribution in [2.75, 3.05) is 7.05 Å². The molecule has 0 aliphatic heterocycles. The topological polar surface area (TPSA) is 71.1 Å². The minimum absolute atomic E-state index is 0.0304. The third kappa shape index (κ3) is 5.26. The normalized spacial score (nSPS) is 11.5. The molecule has 1 heterocycles. The highest BCUT2D eigenvalue weighted by Crippen LogP contribution is 2.09. The van der Waals surface area contributed by atoms with Crippen LogP contribution in [0, 0.1) is 0 Å². The summed E-state index contributed by atoms with van der Waals surface area (Å²) in [5.41, 5.74) is 2.54. The number of sulfonamides is 1. The molecule has 0 aliphatic carbocycles. The molecule has 1 aromatic carbocycles. The first-order valence-corrected chi connectivity index (χ1v) is 8.34. The van der Waals surface area contributed by atoms with E-state index in [9.17, 15) is 8.42 Å². The van der Waals surface area contributed by atoms with Crippen molar-refractivity contribution in [3.05, 3.63) is 65.5 Å². The van der Waals surface area contributed by atoms with Crippen LogP contribution >= 0.6 is 0 Å². The summed E-state index contributed by atoms with van der Waals surface area (Å²) in [5.74, 6) is -0.0304. The second-order valence-corrected chi connectivity index (χ2v) is 6.56. The van der Waals surface area contributed by atoms with Gasteiger partial charge >= 0.3 is 0 Å². The SMILES string of the molecule is CNCc1cccc(CS(=O)(=O)NCc2ccccn2)c1. The van der Waals surface area contributed by atoms with E-state index in [-0.39, 0.29) is 12.3 Å². The Bertz CT molecular complexity index is 672. The van der Waals surface area contributed by atoms with E-state index in [1.807, 2.05) is 37.4 Å². The van der Waals surface area contributed by atoms with Gasteiger partial charge in [0.1, 0.15) is 0 Å². The molecule has 112 valence electrons. The summed E-state index contributed by atoms with van der Waals surface area (Å²) in [6, 6.07) is 13.0. The van der Waals surface area contributed by atoms with Crippen LogP contribution in [0.25, 0.3) is 0 Å². The molecule has 0 bridgehead atoms. The van der Waals surface area contributed by atoms with Crippen molar-refractivity contribution in [2.45, 2.75) is 18.8 Å². The molecular weight excluding hydrogens is 286 g/mol. The molecule has 0 atom stereocenters. The van der Waals surface area contributed by atoms with Gasteiger partial charge in [-0.3, -0.25) is 4.98 Å². The van der Waals surface area contributed by atoms with Gasteiger partial charge in [0.2, 0.25) is 10.0 Å². The number of pyridine rings is 1. The van der Waals surface area contributed by atoms with Gasteiger partial charge in [0.15, 0.2) is 0 Å². The summed E-state index contributed by atoms with van der Waals surface area (Å²) < 4.78 is 26.7. The van der Waals surface area contributed by atoms with Crippen molar-refractivity contribution < 1.29 is 8.42 Å². The van der Waals surface area contributed by atoms with E-state index in [4.69, 9.17) is 0 Å². The molecule has 0 radical (unpaired) electrons. The van der Waals surface area contributed by atoms with Crippen molar-refractivity contribution in [1.29, 1.82) is 0 Å². The minimum atomic E-state index is -3.37. The summed E-state index contributed by atoms with van der Waals surface area (Å²) in [5, 5.41) is 3.05. The van der Waals surface area contributed by atoms with Crippen LogP contribution in [0.15, 0.2) is 48.7 Å². The Kier molecular flexibility index (Phi) is 5.44. The van der Waals surface area contributed by atoms with Crippen LogP contribution in [-0.4, -0.2) is 20.4 Å². The van der Waals surface area contributed by atoms with Gasteiger partial charge in [-0.2, -0.15) is 0 Å². The van der Waals surface area contributed by atoms with Gasteiger partial charge in [0.05, 0.1) is 18.0 Å². The van der Waals surface area contributed by atoms with Gasteiger partial charge in [0, 0.05) is 12.7 Å². The lowest BCUT2D eigenvalue weighted by molar-refractivity contribution is 0.579. The second-order valence-electron chi connectivity index (χ2n) is 4.75. The average molecular weight is 305 g/mol. The van der Waals surface area contributed by atoms with E-state index in [2.05, 4.69) is 15.0 Å². The fraction of sp³-hybridized carbons (Fsp3) is 0.267. The molecule has 1 aromatic heterocycles. The Morgan fingerprint density at radius 2 is 1.86 bits per heavy atom. The van der Waals surface area contributed by atoms with E-state index in [1.54, 1.807) is 18.3 Å². The summed E-state index contributed by atoms with van der Waals surface area (Å²) in [7, 11) is -1.52. The van der Waals surface area contributed by atoms with Crippen LogP contribution in [-0.2, 0) is 28.9 Å². The molecule has 2 aromatic rings. The molecule has 0 aliphatic rings. The molecule has 0 saturated carbocycles. The van der Waals surface area contributed by atoms with E-state index in [0.717, 1.165) is 17.7 Å². The molecule has 0 unspecified atom stereocenters. The van der Waals surface area contributed by atoms with Crippen molar-refractivity contribution in [3.8, 4) is 0 Å². The van der Waals surface area contributed by atoms with E-state index in [0.29, 0.717) is 5.69 Å². The number of hydrogen-bond donors (Lipinski definition) is 2. The Hall–Kier alpha value is -1.76. The Labute approximate surface area is 125 Å². The van der Waals surface area contributed by atoms with Crippen LogP contribution in [0.4, 0.5) is 0 Å². The number of benzene rings is 1. The molecule has 6 heteroatoms. The van der Waals surface area contributed by atoms with E-state index >= 15 is 0 Å². The second kappa shape index (κ2) is 7.31. The first kappa shape index (κ1) is 15.6. The van der Waals surface area contributed by atoms with E-state index in [1.165, 1.54) is 0 Å². The monoisotopic (exact) mass is 305 g/mol. The third-order valence-electron chi connectivity index (χ3n) is 2.93. The molecule has 2 N–H and O–H groups in total. The Morgan fingerprint density at radius 1 is 1.05 bits per heavy atom. The number of aromatic nitrogens is 1. The molecule has 0 spiro atoms. The van der Waals surface area contributed by atoms with Crippen molar-refractivity contribution in [3.63, 3.8) is 0 Å². The van der Waals surface area contributed by atoms with Crippen molar-refractivity contribution in [2.24, 2.45) is 0 Å². The van der Waals surface area contributed by atoms with Crippen LogP contribution in [0.3, 0.4) is 0 Å². The van der Waals surface area contributed by atoms with Crippen LogP contribution < -0.4 is 10.0 Å². The predicted octanol–water partition coefficient (Wildman–Crippen LogP) is 1.42. The minimum Gasteiger partial charge on any atom is -0.316 e. The van der Waals surface area contributed by atoms with Gasteiger partial charge < -0.3 is 5.32 Å². The predicted molar refractivity (Wildman–Crippen MR) is 82.9 cm³/mol. The summed E-state index contributed by atoms with van der Waals surface area (Å²) in [6.07, 6.45) is 1.64. The van der Waals surface area contributed by atoms with Crippen molar-refractivity contribution in [1.82, 2.24) is 15.0 Å². The van der Waals surface area contributed by atoms with Gasteiger partial charge in [-0.25, -0.2) is 13.1 Å². The van der Waals surface area contributed by atoms with Crippen LogP contribution in [0.1, 0.15) is 16.8 Å². The molecule has 0 saturated heterocycles. The lowest BCUT2D eigenvalue weighted by atomic mass is 10.1. The highest BCUT2D eigenvalue weighted by molar-refractivity contribution is 7.88. The van der Waals surface area contributed by atoms with Crippen LogP contribution in [0.5, 0.6) is 0 Å². The lowest BCUT2D eigenvalue weighted by Crippen LogP contribution is -2.25. The Morgan fingerprint density at radius 3 is 2.57 bits per heavy atom. The average Bonchev–Trinajstić information content (AvgIpc) is 2.47. The number of nitrogens with one attached hydrogen (secondary N) is 2. The maximum Gasteiger partial charge on any atom is 0.216 e. The molecule has 2 rings (SSSR count). The molecule has 0 fully saturated rings. The zero-order chi connectivity index (χ0) is 15.1. The fourth-order valence-electron chi connectivity index (χ4n) is 1.99. The summed E-state index contributed by atoms with van der Waals surface area (Å²) in [4.78, 5) is 4.09. The maximum atomic E-state index is 12.1. The zero-order valence-corrected chi connectivity index (χ0v) is 12.7. The molecular formula is C15H19N3O2S. The quantitative estimate of drug-likeness (QED) is 0.811. The Balaban J connectivity index is 1.99. The van der Waals surface area contributed by atoms with Gasteiger partial charge in [-0.15, -0.1) is 0 Å². The molecule has 5 nitrogen and oxygen atoms in total. The third-order valence-corrected chi connectivity index (χ3v) is 4.23. The number of nitrogens with zero attached hydrogens (tertiary/aromatic N) is 1.